The molecule has 6 heteroatoms. The number of esters is 2. The summed E-state index contributed by atoms with van der Waals surface area (Å²) in [5, 5.41) is 0. The fourth-order valence-electron chi connectivity index (χ4n) is 1.52. The van der Waals surface area contributed by atoms with Crippen molar-refractivity contribution in [1.82, 2.24) is 0 Å². The number of carbonyl (C=O) groups is 2. The van der Waals surface area contributed by atoms with Crippen molar-refractivity contribution in [1.29, 1.82) is 0 Å². The van der Waals surface area contributed by atoms with Gasteiger partial charge in [0.1, 0.15) is 5.75 Å². The molecule has 1 aromatic rings. The second-order valence-corrected chi connectivity index (χ2v) is 5.00. The van der Waals surface area contributed by atoms with Crippen molar-refractivity contribution in [2.24, 2.45) is 4.99 Å². The van der Waals surface area contributed by atoms with Gasteiger partial charge in [0.05, 0.1) is 3.57 Å². The Bertz CT molecular complexity index is 619. The molecule has 0 unspecified atom stereocenters. The molecule has 5 nitrogen and oxygen atoms in total. The van der Waals surface area contributed by atoms with Crippen molar-refractivity contribution < 1.29 is 19.1 Å². The van der Waals surface area contributed by atoms with Gasteiger partial charge in [-0.05, 0) is 46.4 Å². The number of hydrogen-bond acceptors (Lipinski definition) is 5. The second-order valence-electron chi connectivity index (χ2n) is 3.83. The highest BCUT2D eigenvalue weighted by molar-refractivity contribution is 14.1. The Labute approximate surface area is 123 Å². The maximum absolute atomic E-state index is 11.4. The lowest BCUT2D eigenvalue weighted by atomic mass is 10.2. The van der Waals surface area contributed by atoms with Crippen molar-refractivity contribution >= 4 is 46.5 Å². The highest BCUT2D eigenvalue weighted by atomic mass is 127. The smallest absolute Gasteiger partial charge is 0.363 e. The topological polar surface area (TPSA) is 65.0 Å². The summed E-state index contributed by atoms with van der Waals surface area (Å²) in [6.45, 7) is 2.96. The Kier molecular flexibility index (Phi) is 3.98. The van der Waals surface area contributed by atoms with Crippen LogP contribution < -0.4 is 4.74 Å². The minimum atomic E-state index is -0.462. The molecule has 1 aliphatic rings. The van der Waals surface area contributed by atoms with Crippen LogP contribution in [-0.4, -0.2) is 17.8 Å². The van der Waals surface area contributed by atoms with Gasteiger partial charge < -0.3 is 9.47 Å². The van der Waals surface area contributed by atoms with Crippen molar-refractivity contribution in [3.8, 4) is 5.75 Å². The molecule has 0 saturated heterocycles. The van der Waals surface area contributed by atoms with Gasteiger partial charge >= 0.3 is 11.9 Å². The Hall–Kier alpha value is -1.70. The molecule has 0 amide bonds. The third-order valence-corrected chi connectivity index (χ3v) is 3.08. The standard InChI is InChI=1S/C13H10INO4/c1-7-15-11(13(17)18-7)6-9-3-4-12(10(14)5-9)19-8(2)16/h3-6H,1-2H3/b11-6+. The van der Waals surface area contributed by atoms with Crippen molar-refractivity contribution in [2.45, 2.75) is 13.8 Å². The third-order valence-electron chi connectivity index (χ3n) is 2.24. The van der Waals surface area contributed by atoms with E-state index >= 15 is 0 Å². The molecule has 0 aliphatic carbocycles. The maximum atomic E-state index is 11.4. The lowest BCUT2D eigenvalue weighted by Gasteiger charge is -2.04. The van der Waals surface area contributed by atoms with Gasteiger partial charge in [-0.15, -0.1) is 0 Å². The van der Waals surface area contributed by atoms with E-state index in [9.17, 15) is 9.59 Å². The van der Waals surface area contributed by atoms with Crippen LogP contribution in [0.15, 0.2) is 28.9 Å². The van der Waals surface area contributed by atoms with E-state index in [0.29, 0.717) is 11.6 Å². The van der Waals surface area contributed by atoms with E-state index in [0.717, 1.165) is 9.13 Å². The van der Waals surface area contributed by atoms with Crippen molar-refractivity contribution in [2.75, 3.05) is 0 Å². The monoisotopic (exact) mass is 371 g/mol. The minimum Gasteiger partial charge on any atom is -0.426 e. The molecule has 1 heterocycles. The molecule has 0 atom stereocenters. The van der Waals surface area contributed by atoms with Gasteiger partial charge in [-0.1, -0.05) is 6.07 Å². The first-order valence-electron chi connectivity index (χ1n) is 5.43. The van der Waals surface area contributed by atoms with Crippen LogP contribution in [0, 0.1) is 3.57 Å². The van der Waals surface area contributed by atoms with Crippen LogP contribution in [0.1, 0.15) is 19.4 Å². The molecule has 0 spiro atoms. The molecule has 98 valence electrons. The van der Waals surface area contributed by atoms with E-state index in [2.05, 4.69) is 27.6 Å². The molecule has 0 aromatic heterocycles. The summed E-state index contributed by atoms with van der Waals surface area (Å²) in [6.07, 6.45) is 1.62. The predicted octanol–water partition coefficient (Wildman–Crippen LogP) is 2.53. The Balaban J connectivity index is 2.28. The number of carbonyl (C=O) groups excluding carboxylic acids is 2. The van der Waals surface area contributed by atoms with E-state index in [1.54, 1.807) is 31.2 Å². The van der Waals surface area contributed by atoms with Crippen LogP contribution in [0.5, 0.6) is 5.75 Å². The molecular weight excluding hydrogens is 361 g/mol. The lowest BCUT2D eigenvalue weighted by Crippen LogP contribution is -2.03. The predicted molar refractivity (Wildman–Crippen MR) is 77.6 cm³/mol. The first kappa shape index (κ1) is 13.7. The van der Waals surface area contributed by atoms with Crippen LogP contribution in [0.3, 0.4) is 0 Å². The zero-order valence-electron chi connectivity index (χ0n) is 10.3. The van der Waals surface area contributed by atoms with Gasteiger partial charge in [-0.25, -0.2) is 9.79 Å². The molecule has 0 saturated carbocycles. The van der Waals surface area contributed by atoms with Gasteiger partial charge in [0.25, 0.3) is 0 Å². The number of halogens is 1. The zero-order valence-corrected chi connectivity index (χ0v) is 12.4. The molecule has 2 rings (SSSR count). The number of ether oxygens (including phenoxy) is 2. The first-order chi connectivity index (χ1) is 8.95. The number of hydrogen-bond donors (Lipinski definition) is 0. The molecule has 0 N–H and O–H groups in total. The number of cyclic esters (lactones) is 1. The Morgan fingerprint density at radius 2 is 2.21 bits per heavy atom. The third kappa shape index (κ3) is 3.40. The van der Waals surface area contributed by atoms with Crippen LogP contribution in [0.25, 0.3) is 6.08 Å². The molecule has 1 aromatic carbocycles. The molecule has 1 aliphatic heterocycles. The van der Waals surface area contributed by atoms with Gasteiger partial charge in [-0.3, -0.25) is 4.79 Å². The first-order valence-corrected chi connectivity index (χ1v) is 6.51. The Morgan fingerprint density at radius 3 is 2.74 bits per heavy atom. The number of nitrogens with zero attached hydrogens (tertiary/aromatic N) is 1. The fourth-order valence-corrected chi connectivity index (χ4v) is 2.17. The normalized spacial score (nSPS) is 16.3. The molecule has 0 fully saturated rings. The summed E-state index contributed by atoms with van der Waals surface area (Å²) in [5.74, 6) is -0.00778. The van der Waals surface area contributed by atoms with Crippen LogP contribution in [0.2, 0.25) is 0 Å². The molecule has 0 bridgehead atoms. The van der Waals surface area contributed by atoms with Crippen LogP contribution in [-0.2, 0) is 14.3 Å². The van der Waals surface area contributed by atoms with Crippen molar-refractivity contribution in [3.05, 3.63) is 33.0 Å². The molecule has 0 radical (unpaired) electrons. The van der Waals surface area contributed by atoms with Gasteiger partial charge in [-0.2, -0.15) is 0 Å². The van der Waals surface area contributed by atoms with E-state index < -0.39 is 5.97 Å². The van der Waals surface area contributed by atoms with E-state index in [-0.39, 0.29) is 11.7 Å². The summed E-state index contributed by atoms with van der Waals surface area (Å²) in [6, 6.07) is 5.21. The minimum absolute atomic E-state index is 0.258. The van der Waals surface area contributed by atoms with Gasteiger partial charge in [0.2, 0.25) is 0 Å². The summed E-state index contributed by atoms with van der Waals surface area (Å²) >= 11 is 2.06. The summed E-state index contributed by atoms with van der Waals surface area (Å²) in [5.41, 5.74) is 1.04. The van der Waals surface area contributed by atoms with E-state index in [1.807, 2.05) is 0 Å². The highest BCUT2D eigenvalue weighted by Gasteiger charge is 2.19. The SMILES string of the molecule is CC(=O)Oc1ccc(/C=C2/N=C(C)OC2=O)cc1I. The van der Waals surface area contributed by atoms with E-state index in [1.165, 1.54) is 6.92 Å². The largest absolute Gasteiger partial charge is 0.426 e. The number of rotatable bonds is 2. The molecule has 19 heavy (non-hydrogen) atoms. The maximum Gasteiger partial charge on any atom is 0.363 e. The molecular formula is C13H10INO4. The lowest BCUT2D eigenvalue weighted by molar-refractivity contribution is -0.132. The van der Waals surface area contributed by atoms with Gasteiger partial charge in [0.15, 0.2) is 11.6 Å². The Morgan fingerprint density at radius 1 is 1.47 bits per heavy atom. The van der Waals surface area contributed by atoms with E-state index in [4.69, 9.17) is 9.47 Å². The zero-order chi connectivity index (χ0) is 14.0. The van der Waals surface area contributed by atoms with Gasteiger partial charge in [0, 0.05) is 13.8 Å². The number of benzene rings is 1. The average Bonchev–Trinajstić information content (AvgIpc) is 2.61. The summed E-state index contributed by atoms with van der Waals surface area (Å²) < 4.78 is 10.6. The summed E-state index contributed by atoms with van der Waals surface area (Å²) in [4.78, 5) is 26.3. The fraction of sp³-hybridized carbons (Fsp3) is 0.154. The quantitative estimate of drug-likeness (QED) is 0.347. The van der Waals surface area contributed by atoms with Crippen LogP contribution >= 0.6 is 22.6 Å². The highest BCUT2D eigenvalue weighted by Crippen LogP contribution is 2.24. The second kappa shape index (κ2) is 5.52. The summed E-state index contributed by atoms with van der Waals surface area (Å²) in [7, 11) is 0. The number of aliphatic imine (C=N–C) groups is 1. The van der Waals surface area contributed by atoms with Crippen LogP contribution in [0.4, 0.5) is 0 Å². The average molecular weight is 371 g/mol. The van der Waals surface area contributed by atoms with Crippen molar-refractivity contribution in [3.63, 3.8) is 0 Å².